The number of sulfone groups is 1. The third-order valence-electron chi connectivity index (χ3n) is 5.41. The lowest BCUT2D eigenvalue weighted by molar-refractivity contribution is 0.0298. The van der Waals surface area contributed by atoms with Gasteiger partial charge in [0.2, 0.25) is 0 Å². The van der Waals surface area contributed by atoms with Crippen molar-refractivity contribution in [2.45, 2.75) is 17.6 Å². The van der Waals surface area contributed by atoms with Crippen molar-refractivity contribution in [1.82, 2.24) is 19.7 Å². The SMILES string of the molecule is Cc1ccnc(-n2nc(C(=O)N3CCOCC3)c3c2-c2ccccc2S(=O)(=O)C3)c1. The van der Waals surface area contributed by atoms with Gasteiger partial charge < -0.3 is 9.64 Å². The topological polar surface area (TPSA) is 94.4 Å². The lowest BCUT2D eigenvalue weighted by Crippen LogP contribution is -2.41. The van der Waals surface area contributed by atoms with Crippen molar-refractivity contribution < 1.29 is 17.9 Å². The normalized spacial score (nSPS) is 17.3. The summed E-state index contributed by atoms with van der Waals surface area (Å²) in [5.41, 5.74) is 2.72. The number of carbonyl (C=O) groups excluding carboxylic acids is 1. The van der Waals surface area contributed by atoms with Gasteiger partial charge in [-0.1, -0.05) is 18.2 Å². The molecular weight excluding hydrogens is 404 g/mol. The molecule has 0 aliphatic carbocycles. The van der Waals surface area contributed by atoms with E-state index in [0.717, 1.165) is 5.56 Å². The Morgan fingerprint density at radius 2 is 1.90 bits per heavy atom. The van der Waals surface area contributed by atoms with E-state index in [-0.39, 0.29) is 22.2 Å². The summed E-state index contributed by atoms with van der Waals surface area (Å²) in [6.45, 7) is 3.75. The van der Waals surface area contributed by atoms with Gasteiger partial charge in [0.1, 0.15) is 0 Å². The molecule has 0 N–H and O–H groups in total. The van der Waals surface area contributed by atoms with Crippen molar-refractivity contribution in [3.63, 3.8) is 0 Å². The molecule has 0 unspecified atom stereocenters. The number of aromatic nitrogens is 3. The van der Waals surface area contributed by atoms with Crippen LogP contribution in [0.25, 0.3) is 17.1 Å². The Morgan fingerprint density at radius 3 is 2.67 bits per heavy atom. The average Bonchev–Trinajstić information content (AvgIpc) is 3.12. The first-order chi connectivity index (χ1) is 14.5. The Kier molecular flexibility index (Phi) is 4.44. The lowest BCUT2D eigenvalue weighted by atomic mass is 10.1. The van der Waals surface area contributed by atoms with Crippen LogP contribution in [-0.4, -0.2) is 60.3 Å². The van der Waals surface area contributed by atoms with Crippen LogP contribution in [-0.2, 0) is 20.3 Å². The van der Waals surface area contributed by atoms with E-state index >= 15 is 0 Å². The molecular formula is C21H20N4O4S. The van der Waals surface area contributed by atoms with Crippen molar-refractivity contribution in [3.8, 4) is 17.1 Å². The molecule has 1 aromatic carbocycles. The number of benzene rings is 1. The minimum Gasteiger partial charge on any atom is -0.378 e. The van der Waals surface area contributed by atoms with E-state index in [1.807, 2.05) is 19.1 Å². The second kappa shape index (κ2) is 7.03. The molecule has 1 amide bonds. The maximum atomic E-state index is 13.3. The molecule has 9 heteroatoms. The summed E-state index contributed by atoms with van der Waals surface area (Å²) in [7, 11) is -3.59. The number of ether oxygens (including phenoxy) is 1. The molecule has 0 spiro atoms. The van der Waals surface area contributed by atoms with E-state index in [1.165, 1.54) is 0 Å². The highest BCUT2D eigenvalue weighted by Gasteiger charge is 2.37. The Labute approximate surface area is 174 Å². The second-order valence-corrected chi connectivity index (χ2v) is 9.40. The number of aryl methyl sites for hydroxylation is 1. The number of carbonyl (C=O) groups is 1. The fourth-order valence-electron chi connectivity index (χ4n) is 3.95. The number of hydrogen-bond acceptors (Lipinski definition) is 6. The van der Waals surface area contributed by atoms with Gasteiger partial charge in [0.05, 0.1) is 29.6 Å². The number of morpholine rings is 1. The molecule has 2 aliphatic rings. The highest BCUT2D eigenvalue weighted by molar-refractivity contribution is 7.90. The Balaban J connectivity index is 1.76. The third kappa shape index (κ3) is 3.01. The van der Waals surface area contributed by atoms with E-state index in [9.17, 15) is 13.2 Å². The summed E-state index contributed by atoms with van der Waals surface area (Å²) >= 11 is 0. The zero-order valence-electron chi connectivity index (χ0n) is 16.4. The van der Waals surface area contributed by atoms with Gasteiger partial charge in [-0.3, -0.25) is 4.79 Å². The minimum atomic E-state index is -3.59. The molecule has 8 nitrogen and oxygen atoms in total. The summed E-state index contributed by atoms with van der Waals surface area (Å²) in [6, 6.07) is 10.6. The van der Waals surface area contributed by atoms with Crippen LogP contribution in [0.15, 0.2) is 47.5 Å². The number of rotatable bonds is 2. The van der Waals surface area contributed by atoms with Crippen LogP contribution in [0.1, 0.15) is 21.6 Å². The lowest BCUT2D eigenvalue weighted by Gasteiger charge is -2.26. The standard InChI is InChI=1S/C21H20N4O4S/c1-14-6-7-22-18(12-14)25-20-15-4-2-3-5-17(15)30(27,28)13-16(20)19(23-25)21(26)24-8-10-29-11-9-24/h2-7,12H,8-11,13H2,1H3. The summed E-state index contributed by atoms with van der Waals surface area (Å²) in [4.78, 5) is 19.6. The molecule has 1 fully saturated rings. The fourth-order valence-corrected chi connectivity index (χ4v) is 5.55. The summed E-state index contributed by atoms with van der Waals surface area (Å²) < 4.78 is 32.9. The molecule has 30 heavy (non-hydrogen) atoms. The van der Waals surface area contributed by atoms with E-state index in [0.29, 0.717) is 48.9 Å². The number of hydrogen-bond donors (Lipinski definition) is 0. The maximum absolute atomic E-state index is 13.3. The molecule has 5 rings (SSSR count). The van der Waals surface area contributed by atoms with Crippen molar-refractivity contribution in [3.05, 3.63) is 59.4 Å². The molecule has 0 radical (unpaired) electrons. The highest BCUT2D eigenvalue weighted by Crippen LogP contribution is 2.40. The first kappa shape index (κ1) is 19.0. The number of nitrogens with zero attached hydrogens (tertiary/aromatic N) is 4. The molecule has 154 valence electrons. The van der Waals surface area contributed by atoms with Gasteiger partial charge in [0, 0.05) is 30.4 Å². The molecule has 2 aromatic heterocycles. The van der Waals surface area contributed by atoms with Crippen LogP contribution in [0.2, 0.25) is 0 Å². The summed E-state index contributed by atoms with van der Waals surface area (Å²) in [5.74, 6) is -0.00626. The van der Waals surface area contributed by atoms with Gasteiger partial charge in [-0.25, -0.2) is 18.1 Å². The summed E-state index contributed by atoms with van der Waals surface area (Å²) in [6.07, 6.45) is 1.67. The minimum absolute atomic E-state index is 0.160. The van der Waals surface area contributed by atoms with Crippen molar-refractivity contribution in [1.29, 1.82) is 0 Å². The molecule has 0 bridgehead atoms. The quantitative estimate of drug-likeness (QED) is 0.625. The van der Waals surface area contributed by atoms with E-state index in [2.05, 4.69) is 10.1 Å². The van der Waals surface area contributed by atoms with Crippen LogP contribution in [0.4, 0.5) is 0 Å². The first-order valence-electron chi connectivity index (χ1n) is 9.70. The number of amides is 1. The van der Waals surface area contributed by atoms with Gasteiger partial charge in [-0.15, -0.1) is 0 Å². The van der Waals surface area contributed by atoms with Crippen LogP contribution in [0.3, 0.4) is 0 Å². The predicted octanol–water partition coefficient (Wildman–Crippen LogP) is 2.00. The number of pyridine rings is 1. The van der Waals surface area contributed by atoms with E-state index in [4.69, 9.17) is 4.74 Å². The van der Waals surface area contributed by atoms with Crippen molar-refractivity contribution in [2.75, 3.05) is 26.3 Å². The molecule has 0 atom stereocenters. The monoisotopic (exact) mass is 424 g/mol. The van der Waals surface area contributed by atoms with Crippen LogP contribution >= 0.6 is 0 Å². The van der Waals surface area contributed by atoms with Crippen molar-refractivity contribution >= 4 is 15.7 Å². The molecule has 0 saturated carbocycles. The smallest absolute Gasteiger partial charge is 0.274 e. The Hall–Kier alpha value is -3.04. The fraction of sp³-hybridized carbons (Fsp3) is 0.286. The van der Waals surface area contributed by atoms with Crippen LogP contribution in [0, 0.1) is 6.92 Å². The van der Waals surface area contributed by atoms with Gasteiger partial charge in [-0.05, 0) is 30.7 Å². The zero-order valence-corrected chi connectivity index (χ0v) is 17.2. The Bertz CT molecular complexity index is 1260. The third-order valence-corrected chi connectivity index (χ3v) is 7.11. The predicted molar refractivity (Wildman–Crippen MR) is 109 cm³/mol. The zero-order chi connectivity index (χ0) is 20.9. The van der Waals surface area contributed by atoms with E-state index in [1.54, 1.807) is 40.0 Å². The van der Waals surface area contributed by atoms with E-state index < -0.39 is 9.84 Å². The maximum Gasteiger partial charge on any atom is 0.274 e. The molecule has 3 aromatic rings. The average molecular weight is 424 g/mol. The van der Waals surface area contributed by atoms with Gasteiger partial charge in [-0.2, -0.15) is 5.10 Å². The number of fused-ring (bicyclic) bond motifs is 3. The van der Waals surface area contributed by atoms with Crippen LogP contribution in [0.5, 0.6) is 0 Å². The van der Waals surface area contributed by atoms with Crippen molar-refractivity contribution in [2.24, 2.45) is 0 Å². The van der Waals surface area contributed by atoms with Crippen LogP contribution < -0.4 is 0 Å². The second-order valence-electron chi connectivity index (χ2n) is 7.44. The van der Waals surface area contributed by atoms with Gasteiger partial charge in [0.15, 0.2) is 21.3 Å². The molecule has 1 saturated heterocycles. The highest BCUT2D eigenvalue weighted by atomic mass is 32.2. The Morgan fingerprint density at radius 1 is 1.13 bits per heavy atom. The molecule has 2 aliphatic heterocycles. The van der Waals surface area contributed by atoms with Gasteiger partial charge in [0.25, 0.3) is 5.91 Å². The van der Waals surface area contributed by atoms with Gasteiger partial charge >= 0.3 is 0 Å². The first-order valence-corrected chi connectivity index (χ1v) is 11.3. The summed E-state index contributed by atoms with van der Waals surface area (Å²) in [5, 5.41) is 4.60. The largest absolute Gasteiger partial charge is 0.378 e. The molecule has 4 heterocycles.